The molecule has 0 aliphatic carbocycles. The van der Waals surface area contributed by atoms with Gasteiger partial charge in [-0.25, -0.2) is 17.8 Å². The molecule has 0 saturated heterocycles. The highest BCUT2D eigenvalue weighted by atomic mass is 79.9. The number of nitrogens with one attached hydrogen (secondary N) is 1. The number of hydrogen-bond donors (Lipinski definition) is 2. The van der Waals surface area contributed by atoms with Crippen LogP contribution in [0.2, 0.25) is 0 Å². The maximum Gasteiger partial charge on any atom is 0.260 e. The number of aliphatic hydroxyl groups is 1. The third-order valence-corrected chi connectivity index (χ3v) is 4.39. The fraction of sp³-hybridized carbons (Fsp3) is 0.714. The lowest BCUT2D eigenvalue weighted by atomic mass is 10.3. The van der Waals surface area contributed by atoms with Crippen LogP contribution in [0.1, 0.15) is 13.3 Å². The van der Waals surface area contributed by atoms with Crippen LogP contribution in [0.25, 0.3) is 0 Å². The highest BCUT2D eigenvalue weighted by Crippen LogP contribution is 2.17. The molecule has 0 aliphatic heterocycles. The van der Waals surface area contributed by atoms with E-state index in [9.17, 15) is 8.42 Å². The van der Waals surface area contributed by atoms with Crippen LogP contribution in [0, 0.1) is 0 Å². The normalized spacial score (nSPS) is 14.0. The van der Waals surface area contributed by atoms with Crippen LogP contribution in [0.15, 0.2) is 9.63 Å². The summed E-state index contributed by atoms with van der Waals surface area (Å²) in [6.45, 7) is 1.60. The van der Waals surface area contributed by atoms with Gasteiger partial charge in [-0.3, -0.25) is 0 Å². The van der Waals surface area contributed by atoms with E-state index in [4.69, 9.17) is 5.11 Å². The molecular weight excluding hydrogens is 300 g/mol. The Hall–Kier alpha value is -0.510. The smallest absolute Gasteiger partial charge is 0.260 e. The Morgan fingerprint density at radius 3 is 2.69 bits per heavy atom. The van der Waals surface area contributed by atoms with Gasteiger partial charge in [0.2, 0.25) is 5.03 Å². The number of halogens is 1. The Balaban J connectivity index is 2.95. The van der Waals surface area contributed by atoms with Crippen molar-refractivity contribution in [1.82, 2.24) is 19.7 Å². The van der Waals surface area contributed by atoms with Crippen molar-refractivity contribution in [3.05, 3.63) is 4.60 Å². The van der Waals surface area contributed by atoms with Gasteiger partial charge in [0.25, 0.3) is 10.0 Å². The predicted molar refractivity (Wildman–Crippen MR) is 60.2 cm³/mol. The monoisotopic (exact) mass is 312 g/mol. The summed E-state index contributed by atoms with van der Waals surface area (Å²) < 4.78 is 27.5. The first-order valence-corrected chi connectivity index (χ1v) is 6.84. The number of aryl methyl sites for hydroxylation is 1. The Labute approximate surface area is 102 Å². The summed E-state index contributed by atoms with van der Waals surface area (Å²) >= 11 is 3.02. The van der Waals surface area contributed by atoms with E-state index in [0.717, 1.165) is 4.68 Å². The van der Waals surface area contributed by atoms with Crippen molar-refractivity contribution in [2.24, 2.45) is 7.05 Å². The molecule has 1 heterocycles. The van der Waals surface area contributed by atoms with Crippen molar-refractivity contribution < 1.29 is 13.5 Å². The van der Waals surface area contributed by atoms with Crippen LogP contribution < -0.4 is 4.72 Å². The molecule has 0 saturated carbocycles. The molecule has 0 aliphatic rings. The van der Waals surface area contributed by atoms with Gasteiger partial charge in [-0.2, -0.15) is 0 Å². The molecule has 0 spiro atoms. The molecule has 1 unspecified atom stereocenters. The second kappa shape index (κ2) is 5.21. The van der Waals surface area contributed by atoms with Crippen LogP contribution in [-0.2, 0) is 17.1 Å². The zero-order chi connectivity index (χ0) is 12.3. The van der Waals surface area contributed by atoms with E-state index >= 15 is 0 Å². The number of nitrogens with zero attached hydrogens (tertiary/aromatic N) is 3. The van der Waals surface area contributed by atoms with Crippen LogP contribution in [0.4, 0.5) is 0 Å². The average Bonchev–Trinajstić information content (AvgIpc) is 2.45. The number of rotatable bonds is 5. The molecule has 9 heteroatoms. The molecule has 0 aromatic carbocycles. The SMILES string of the molecule is CC(CCO)NS(=O)(=O)c1c(Br)nnn1C. The molecule has 0 amide bonds. The van der Waals surface area contributed by atoms with Crippen LogP contribution >= 0.6 is 15.9 Å². The highest BCUT2D eigenvalue weighted by molar-refractivity contribution is 9.10. The number of sulfonamides is 1. The van der Waals surface area contributed by atoms with E-state index in [1.54, 1.807) is 6.92 Å². The van der Waals surface area contributed by atoms with Gasteiger partial charge in [-0.05, 0) is 29.3 Å². The fourth-order valence-electron chi connectivity index (χ4n) is 1.18. The van der Waals surface area contributed by atoms with Crippen LogP contribution in [-0.4, -0.2) is 41.2 Å². The first kappa shape index (κ1) is 13.6. The van der Waals surface area contributed by atoms with Crippen LogP contribution in [0.3, 0.4) is 0 Å². The number of hydrogen-bond acceptors (Lipinski definition) is 5. The number of aliphatic hydroxyl groups excluding tert-OH is 1. The zero-order valence-electron chi connectivity index (χ0n) is 8.88. The van der Waals surface area contributed by atoms with Gasteiger partial charge in [-0.15, -0.1) is 5.10 Å². The van der Waals surface area contributed by atoms with Crippen LogP contribution in [0.5, 0.6) is 0 Å². The molecule has 1 rings (SSSR count). The Kier molecular flexibility index (Phi) is 4.42. The highest BCUT2D eigenvalue weighted by Gasteiger charge is 2.25. The molecule has 0 radical (unpaired) electrons. The summed E-state index contributed by atoms with van der Waals surface area (Å²) in [7, 11) is -2.18. The van der Waals surface area contributed by atoms with E-state index in [-0.39, 0.29) is 22.3 Å². The summed E-state index contributed by atoms with van der Waals surface area (Å²) in [6, 6.07) is -0.350. The van der Waals surface area contributed by atoms with Crippen molar-refractivity contribution in [2.75, 3.05) is 6.61 Å². The molecule has 1 aromatic rings. The standard InChI is InChI=1S/C7H13BrN4O3S/c1-5(3-4-13)10-16(14,15)7-6(8)9-11-12(7)2/h5,10,13H,3-4H2,1-2H3. The van der Waals surface area contributed by atoms with Gasteiger partial charge in [0.1, 0.15) is 0 Å². The van der Waals surface area contributed by atoms with Gasteiger partial charge in [0, 0.05) is 19.7 Å². The molecule has 0 bridgehead atoms. The maximum atomic E-state index is 11.9. The Morgan fingerprint density at radius 1 is 1.62 bits per heavy atom. The molecule has 1 atom stereocenters. The Bertz CT molecular complexity index is 439. The molecule has 1 aromatic heterocycles. The molecule has 2 N–H and O–H groups in total. The van der Waals surface area contributed by atoms with E-state index in [1.807, 2.05) is 0 Å². The molecular formula is C7H13BrN4O3S. The Morgan fingerprint density at radius 2 is 2.25 bits per heavy atom. The van der Waals surface area contributed by atoms with E-state index in [0.29, 0.717) is 6.42 Å². The molecule has 7 nitrogen and oxygen atoms in total. The lowest BCUT2D eigenvalue weighted by molar-refractivity contribution is 0.275. The zero-order valence-corrected chi connectivity index (χ0v) is 11.3. The maximum absolute atomic E-state index is 11.9. The lowest BCUT2D eigenvalue weighted by Crippen LogP contribution is -2.34. The van der Waals surface area contributed by atoms with E-state index < -0.39 is 10.0 Å². The summed E-state index contributed by atoms with van der Waals surface area (Å²) in [5.74, 6) is 0. The predicted octanol–water partition coefficient (Wildman–Crippen LogP) is -0.373. The van der Waals surface area contributed by atoms with Gasteiger partial charge in [-0.1, -0.05) is 5.21 Å². The fourth-order valence-corrected chi connectivity index (χ4v) is 3.55. The minimum Gasteiger partial charge on any atom is -0.396 e. The number of aromatic nitrogens is 3. The molecule has 16 heavy (non-hydrogen) atoms. The summed E-state index contributed by atoms with van der Waals surface area (Å²) in [5, 5.41) is 15.9. The minimum absolute atomic E-state index is 0.0303. The average molecular weight is 313 g/mol. The van der Waals surface area contributed by atoms with E-state index in [1.165, 1.54) is 7.05 Å². The van der Waals surface area contributed by atoms with Gasteiger partial charge >= 0.3 is 0 Å². The van der Waals surface area contributed by atoms with Crippen molar-refractivity contribution in [3.8, 4) is 0 Å². The second-order valence-corrected chi connectivity index (χ2v) is 5.72. The van der Waals surface area contributed by atoms with Crippen molar-refractivity contribution in [1.29, 1.82) is 0 Å². The lowest BCUT2D eigenvalue weighted by Gasteiger charge is -2.12. The van der Waals surface area contributed by atoms with Gasteiger partial charge < -0.3 is 5.11 Å². The summed E-state index contributed by atoms with van der Waals surface area (Å²) in [6.07, 6.45) is 0.349. The van der Waals surface area contributed by atoms with Gasteiger partial charge in [0.15, 0.2) is 4.60 Å². The quantitative estimate of drug-likeness (QED) is 0.773. The third kappa shape index (κ3) is 3.00. The minimum atomic E-state index is -3.67. The summed E-state index contributed by atoms with van der Waals surface area (Å²) in [5.41, 5.74) is 0. The largest absolute Gasteiger partial charge is 0.396 e. The van der Waals surface area contributed by atoms with Crippen molar-refractivity contribution in [3.63, 3.8) is 0 Å². The first-order valence-electron chi connectivity index (χ1n) is 4.57. The third-order valence-electron chi connectivity index (χ3n) is 1.91. The second-order valence-electron chi connectivity index (χ2n) is 3.34. The first-order chi connectivity index (χ1) is 7.38. The van der Waals surface area contributed by atoms with Gasteiger partial charge in [0.05, 0.1) is 0 Å². The van der Waals surface area contributed by atoms with E-state index in [2.05, 4.69) is 31.0 Å². The van der Waals surface area contributed by atoms with Crippen molar-refractivity contribution in [2.45, 2.75) is 24.4 Å². The topological polar surface area (TPSA) is 97.1 Å². The molecule has 92 valence electrons. The molecule has 0 fully saturated rings. The summed E-state index contributed by atoms with van der Waals surface area (Å²) in [4.78, 5) is 0. The van der Waals surface area contributed by atoms with Crippen molar-refractivity contribution >= 4 is 26.0 Å².